The molecule has 3 atom stereocenters. The summed E-state index contributed by atoms with van der Waals surface area (Å²) in [7, 11) is -3.60. The second-order valence-electron chi connectivity index (χ2n) is 10.3. The van der Waals surface area contributed by atoms with Gasteiger partial charge in [-0.25, -0.2) is 17.9 Å². The summed E-state index contributed by atoms with van der Waals surface area (Å²) in [6.07, 6.45) is 5.43. The molecule has 14 heteroatoms. The highest BCUT2D eigenvalue weighted by molar-refractivity contribution is 7.92. The molecule has 0 bridgehead atoms. The largest absolute Gasteiger partial charge is 0.356 e. The Morgan fingerprint density at radius 2 is 2.05 bits per heavy atom. The van der Waals surface area contributed by atoms with Gasteiger partial charge in [-0.2, -0.15) is 5.10 Å². The Morgan fingerprint density at radius 1 is 1.26 bits per heavy atom. The van der Waals surface area contributed by atoms with Gasteiger partial charge in [-0.3, -0.25) is 9.52 Å². The van der Waals surface area contributed by atoms with E-state index in [2.05, 4.69) is 26.6 Å². The van der Waals surface area contributed by atoms with E-state index in [1.807, 2.05) is 19.2 Å². The van der Waals surface area contributed by atoms with Crippen LogP contribution < -0.4 is 9.62 Å². The fraction of sp³-hybridized carbons (Fsp3) is 0.480. The van der Waals surface area contributed by atoms with Gasteiger partial charge in [-0.1, -0.05) is 23.6 Å². The average Bonchev–Trinajstić information content (AvgIpc) is 3.46. The molecule has 3 aromatic rings. The van der Waals surface area contributed by atoms with E-state index in [0.717, 1.165) is 37.0 Å². The summed E-state index contributed by atoms with van der Waals surface area (Å²) in [5, 5.41) is 9.05. The number of anilines is 2. The Kier molecular flexibility index (Phi) is 7.32. The lowest BCUT2D eigenvalue weighted by Gasteiger charge is -2.35. The molecule has 1 aromatic carbocycles. The molecule has 5 rings (SSSR count). The molecule has 2 aliphatic rings. The quantitative estimate of drug-likeness (QED) is 0.260. The van der Waals surface area contributed by atoms with Gasteiger partial charge in [0, 0.05) is 47.4 Å². The minimum absolute atomic E-state index is 0.108. The topological polar surface area (TPSA) is 149 Å². The molecular weight excluding hydrogens is 542 g/mol. The fourth-order valence-electron chi connectivity index (χ4n) is 5.46. The maximum atomic E-state index is 13.8. The lowest BCUT2D eigenvalue weighted by molar-refractivity contribution is 0.0607. The van der Waals surface area contributed by atoms with Crippen LogP contribution in [-0.2, 0) is 10.0 Å². The highest BCUT2D eigenvalue weighted by atomic mass is 35.5. The first-order valence-corrected chi connectivity index (χ1v) is 15.1. The number of halogens is 1. The van der Waals surface area contributed by atoms with Gasteiger partial charge in [0.25, 0.3) is 5.91 Å². The van der Waals surface area contributed by atoms with Crippen LogP contribution in [0.25, 0.3) is 16.1 Å². The van der Waals surface area contributed by atoms with Crippen LogP contribution in [0.15, 0.2) is 35.6 Å². The molecule has 1 amide bonds. The summed E-state index contributed by atoms with van der Waals surface area (Å²) in [6, 6.07) is 6.03. The SMILES string of the molecule is Cc1cn2nc([C@@H]3CCCCN3C(=O)c3cc(Cl)ccc3NS(C)(=O)=O)cc2nc1N1C[C@H](C)[C@H](N=[N+]=[N-])C1. The molecule has 206 valence electrons. The van der Waals surface area contributed by atoms with E-state index in [1.54, 1.807) is 15.5 Å². The van der Waals surface area contributed by atoms with Gasteiger partial charge >= 0.3 is 0 Å². The molecule has 0 aliphatic carbocycles. The van der Waals surface area contributed by atoms with E-state index >= 15 is 0 Å². The number of rotatable bonds is 6. The number of nitrogens with one attached hydrogen (secondary N) is 1. The predicted octanol–water partition coefficient (Wildman–Crippen LogP) is 4.57. The Balaban J connectivity index is 1.47. The van der Waals surface area contributed by atoms with Crippen molar-refractivity contribution in [1.29, 1.82) is 0 Å². The van der Waals surface area contributed by atoms with E-state index in [9.17, 15) is 13.2 Å². The van der Waals surface area contributed by atoms with Crippen LogP contribution in [0.5, 0.6) is 0 Å². The normalized spacial score (nSPS) is 21.7. The van der Waals surface area contributed by atoms with Crippen LogP contribution in [0.1, 0.15) is 53.8 Å². The molecule has 0 radical (unpaired) electrons. The van der Waals surface area contributed by atoms with Gasteiger partial charge in [-0.15, -0.1) is 0 Å². The number of benzene rings is 1. The number of aromatic nitrogens is 3. The van der Waals surface area contributed by atoms with Crippen molar-refractivity contribution in [3.05, 3.63) is 62.7 Å². The van der Waals surface area contributed by atoms with E-state index in [0.29, 0.717) is 35.9 Å². The Hall–Kier alpha value is -3.54. The summed E-state index contributed by atoms with van der Waals surface area (Å²) in [6.45, 7) is 5.89. The van der Waals surface area contributed by atoms with Gasteiger partial charge < -0.3 is 9.80 Å². The van der Waals surface area contributed by atoms with E-state index in [4.69, 9.17) is 27.2 Å². The lowest BCUT2D eigenvalue weighted by atomic mass is 9.98. The zero-order valence-corrected chi connectivity index (χ0v) is 23.5. The number of sulfonamides is 1. The lowest BCUT2D eigenvalue weighted by Crippen LogP contribution is -2.39. The van der Waals surface area contributed by atoms with E-state index < -0.39 is 10.0 Å². The summed E-state index contributed by atoms with van der Waals surface area (Å²) in [5.74, 6) is 0.725. The van der Waals surface area contributed by atoms with Crippen molar-refractivity contribution in [2.75, 3.05) is 35.5 Å². The van der Waals surface area contributed by atoms with Gasteiger partial charge in [-0.05, 0) is 55.8 Å². The molecule has 4 heterocycles. The van der Waals surface area contributed by atoms with Gasteiger partial charge in [0.2, 0.25) is 10.0 Å². The smallest absolute Gasteiger partial charge is 0.256 e. The first-order chi connectivity index (χ1) is 18.5. The maximum absolute atomic E-state index is 13.8. The highest BCUT2D eigenvalue weighted by Gasteiger charge is 2.33. The third kappa shape index (κ3) is 5.61. The van der Waals surface area contributed by atoms with Crippen LogP contribution in [0.3, 0.4) is 0 Å². The Bertz CT molecular complexity index is 1580. The zero-order valence-electron chi connectivity index (χ0n) is 22.0. The van der Waals surface area contributed by atoms with Gasteiger partial charge in [0.15, 0.2) is 5.65 Å². The van der Waals surface area contributed by atoms with Gasteiger partial charge in [0.05, 0.1) is 35.3 Å². The number of hydrogen-bond acceptors (Lipinski definition) is 7. The van der Waals surface area contributed by atoms with Crippen molar-refractivity contribution in [2.45, 2.75) is 45.2 Å². The van der Waals surface area contributed by atoms with Crippen LogP contribution >= 0.6 is 11.6 Å². The fourth-order valence-corrected chi connectivity index (χ4v) is 6.21. The predicted molar refractivity (Wildman–Crippen MR) is 150 cm³/mol. The minimum Gasteiger partial charge on any atom is -0.356 e. The second-order valence-corrected chi connectivity index (χ2v) is 12.5. The minimum atomic E-state index is -3.60. The summed E-state index contributed by atoms with van der Waals surface area (Å²) >= 11 is 6.20. The van der Waals surface area contributed by atoms with Crippen LogP contribution in [0.4, 0.5) is 11.5 Å². The summed E-state index contributed by atoms with van der Waals surface area (Å²) in [5.41, 5.74) is 11.6. The molecular formula is C25H30ClN9O3S. The van der Waals surface area contributed by atoms with Crippen molar-refractivity contribution < 1.29 is 13.2 Å². The summed E-state index contributed by atoms with van der Waals surface area (Å²) < 4.78 is 28.0. The maximum Gasteiger partial charge on any atom is 0.256 e. The number of carbonyl (C=O) groups excluding carboxylic acids is 1. The first kappa shape index (κ1) is 27.0. The monoisotopic (exact) mass is 571 g/mol. The molecule has 2 aliphatic heterocycles. The average molecular weight is 572 g/mol. The molecule has 0 unspecified atom stereocenters. The molecule has 0 saturated carbocycles. The number of hydrogen-bond donors (Lipinski definition) is 1. The second kappa shape index (κ2) is 10.6. The number of azide groups is 1. The highest BCUT2D eigenvalue weighted by Crippen LogP contribution is 2.35. The van der Waals surface area contributed by atoms with Crippen LogP contribution in [0.2, 0.25) is 5.02 Å². The van der Waals surface area contributed by atoms with E-state index in [1.165, 1.54) is 12.1 Å². The number of nitrogens with zero attached hydrogens (tertiary/aromatic N) is 8. The number of amides is 1. The number of carbonyl (C=O) groups is 1. The van der Waals surface area contributed by atoms with Crippen molar-refractivity contribution in [3.8, 4) is 0 Å². The van der Waals surface area contributed by atoms with Gasteiger partial charge in [0.1, 0.15) is 5.82 Å². The van der Waals surface area contributed by atoms with Crippen molar-refractivity contribution in [2.24, 2.45) is 11.0 Å². The van der Waals surface area contributed by atoms with Crippen LogP contribution in [-0.4, -0.2) is 65.8 Å². The standard InChI is InChI=1S/C25H30ClN9O3S/c1-15-12-33(14-21(15)29-32-27)24-16(2)13-35-23(28-24)11-20(30-35)22-6-4-5-9-34(22)25(36)18-10-17(26)7-8-19(18)31-39(3,37)38/h7-8,10-11,13,15,21-22,31H,4-6,9,12,14H2,1-3H3/t15-,21+,22-/m0/s1. The molecule has 39 heavy (non-hydrogen) atoms. The zero-order chi connectivity index (χ0) is 27.9. The molecule has 12 nitrogen and oxygen atoms in total. The van der Waals surface area contributed by atoms with Crippen molar-refractivity contribution in [1.82, 2.24) is 19.5 Å². The first-order valence-electron chi connectivity index (χ1n) is 12.8. The van der Waals surface area contributed by atoms with Crippen molar-refractivity contribution in [3.63, 3.8) is 0 Å². The summed E-state index contributed by atoms with van der Waals surface area (Å²) in [4.78, 5) is 25.5. The molecule has 0 spiro atoms. The molecule has 1 N–H and O–H groups in total. The number of piperidine rings is 1. The number of likely N-dealkylation sites (tertiary alicyclic amines) is 1. The van der Waals surface area contributed by atoms with Crippen LogP contribution in [0, 0.1) is 12.8 Å². The Morgan fingerprint density at radius 3 is 2.79 bits per heavy atom. The molecule has 2 aromatic heterocycles. The Labute approximate surface area is 231 Å². The third-order valence-electron chi connectivity index (χ3n) is 7.31. The number of fused-ring (bicyclic) bond motifs is 1. The molecule has 2 saturated heterocycles. The third-order valence-corrected chi connectivity index (χ3v) is 8.13. The van der Waals surface area contributed by atoms with E-state index in [-0.39, 0.29) is 35.2 Å². The number of aryl methyl sites for hydroxylation is 1. The van der Waals surface area contributed by atoms with Crippen molar-refractivity contribution >= 4 is 44.7 Å². The molecule has 2 fully saturated rings.